The number of nitrogens with zero attached hydrogens (tertiary/aromatic N) is 1. The molecule has 2 unspecified atom stereocenters. The fourth-order valence-corrected chi connectivity index (χ4v) is 4.94. The van der Waals surface area contributed by atoms with Gasteiger partial charge < -0.3 is 10.8 Å². The first-order chi connectivity index (χ1) is 10.1. The molecule has 6 heteroatoms. The minimum atomic E-state index is -1.26. The second kappa shape index (κ2) is 7.78. The highest BCUT2D eigenvalue weighted by Gasteiger charge is 2.39. The summed E-state index contributed by atoms with van der Waals surface area (Å²) in [5, 5.41) is 9.78. The van der Waals surface area contributed by atoms with Gasteiger partial charge in [0.2, 0.25) is 0 Å². The lowest BCUT2D eigenvalue weighted by atomic mass is 9.96. The van der Waals surface area contributed by atoms with Gasteiger partial charge in [-0.05, 0) is 18.9 Å². The van der Waals surface area contributed by atoms with Crippen molar-refractivity contribution in [2.75, 3.05) is 6.54 Å². The van der Waals surface area contributed by atoms with Crippen LogP contribution in [-0.4, -0.2) is 36.3 Å². The number of carbonyl (C=O) groups is 1. The van der Waals surface area contributed by atoms with Crippen LogP contribution in [0.15, 0.2) is 30.3 Å². The van der Waals surface area contributed by atoms with E-state index in [1.807, 2.05) is 37.3 Å². The van der Waals surface area contributed by atoms with E-state index in [0.717, 1.165) is 18.0 Å². The fourth-order valence-electron chi connectivity index (χ4n) is 2.33. The largest absolute Gasteiger partial charge is 0.465 e. The van der Waals surface area contributed by atoms with Crippen molar-refractivity contribution in [1.29, 1.82) is 0 Å². The Labute approximate surface area is 148 Å². The molecule has 1 aromatic rings. The predicted molar refractivity (Wildman–Crippen MR) is 103 cm³/mol. The molecule has 1 rings (SSSR count). The van der Waals surface area contributed by atoms with Gasteiger partial charge in [0.15, 0.2) is 0 Å². The molecule has 0 saturated heterocycles. The van der Waals surface area contributed by atoms with Gasteiger partial charge in [-0.1, -0.05) is 78.6 Å². The summed E-state index contributed by atoms with van der Waals surface area (Å²) in [7, 11) is -1.26. The van der Waals surface area contributed by atoms with Crippen molar-refractivity contribution >= 4 is 36.8 Å². The Morgan fingerprint density at radius 1 is 1.36 bits per heavy atom. The second-order valence-corrected chi connectivity index (χ2v) is 14.0. The van der Waals surface area contributed by atoms with Crippen LogP contribution in [-0.2, 0) is 0 Å². The number of hydrogen-bond acceptors (Lipinski definition) is 2. The molecule has 22 heavy (non-hydrogen) atoms. The molecule has 1 aromatic carbocycles. The van der Waals surface area contributed by atoms with Crippen LogP contribution in [0.1, 0.15) is 23.0 Å². The summed E-state index contributed by atoms with van der Waals surface area (Å²) in [4.78, 5) is 13.5. The predicted octanol–water partition coefficient (Wildman–Crippen LogP) is 4.55. The van der Waals surface area contributed by atoms with Gasteiger partial charge in [0.25, 0.3) is 0 Å². The van der Waals surface area contributed by atoms with Crippen LogP contribution >= 0.6 is 22.6 Å². The molecule has 124 valence electrons. The Hall–Kier alpha value is -0.603. The van der Waals surface area contributed by atoms with Gasteiger partial charge >= 0.3 is 6.09 Å². The van der Waals surface area contributed by atoms with E-state index in [1.54, 1.807) is 0 Å². The maximum atomic E-state index is 11.9. The molecule has 0 heterocycles. The van der Waals surface area contributed by atoms with Crippen molar-refractivity contribution in [3.8, 4) is 0 Å². The minimum Gasteiger partial charge on any atom is -0.465 e. The molecule has 2 atom stereocenters. The topological polar surface area (TPSA) is 66.6 Å². The number of alkyl halides is 1. The van der Waals surface area contributed by atoms with Gasteiger partial charge in [-0.2, -0.15) is 0 Å². The molecular formula is C16H27IN2O2Si. The zero-order valence-electron chi connectivity index (χ0n) is 13.8. The second-order valence-electron chi connectivity index (χ2n) is 7.16. The van der Waals surface area contributed by atoms with Crippen LogP contribution < -0.4 is 5.73 Å². The molecule has 4 nitrogen and oxygen atoms in total. The first-order valence-electron chi connectivity index (χ1n) is 7.52. The van der Waals surface area contributed by atoms with Crippen molar-refractivity contribution < 1.29 is 9.90 Å². The third-order valence-corrected chi connectivity index (χ3v) is 6.97. The quantitative estimate of drug-likeness (QED) is 0.287. The number of carboxylic acid groups (broad SMARTS) is 1. The summed E-state index contributed by atoms with van der Waals surface area (Å²) in [5.74, 6) is 0. The van der Waals surface area contributed by atoms with Gasteiger partial charge in [-0.3, -0.25) is 4.90 Å². The van der Waals surface area contributed by atoms with Crippen LogP contribution in [0.2, 0.25) is 25.7 Å². The average Bonchev–Trinajstić information content (AvgIpc) is 2.45. The van der Waals surface area contributed by atoms with Crippen LogP contribution in [0.25, 0.3) is 0 Å². The van der Waals surface area contributed by atoms with Gasteiger partial charge in [-0.15, -0.1) is 0 Å². The van der Waals surface area contributed by atoms with E-state index in [4.69, 9.17) is 5.73 Å². The van der Waals surface area contributed by atoms with Gasteiger partial charge in [0, 0.05) is 14.6 Å². The van der Waals surface area contributed by atoms with Gasteiger partial charge in [-0.25, -0.2) is 4.79 Å². The fraction of sp³-hybridized carbons (Fsp3) is 0.562. The van der Waals surface area contributed by atoms with Crippen LogP contribution in [0.5, 0.6) is 0 Å². The zero-order chi connectivity index (χ0) is 17.0. The highest BCUT2D eigenvalue weighted by molar-refractivity contribution is 14.1. The first kappa shape index (κ1) is 19.4. The number of nitrogens with two attached hydrogens (primary N) is 1. The highest BCUT2D eigenvalue weighted by Crippen LogP contribution is 2.36. The van der Waals surface area contributed by atoms with E-state index in [9.17, 15) is 9.90 Å². The third kappa shape index (κ3) is 5.24. The molecule has 0 spiro atoms. The minimum absolute atomic E-state index is 0.244. The Bertz CT molecular complexity index is 493. The number of rotatable bonds is 7. The lowest BCUT2D eigenvalue weighted by molar-refractivity contribution is 0.0808. The first-order valence-corrected chi connectivity index (χ1v) is 12.5. The van der Waals surface area contributed by atoms with Gasteiger partial charge in [0.05, 0.1) is 5.54 Å². The molecule has 0 aliphatic carbocycles. The van der Waals surface area contributed by atoms with E-state index in [-0.39, 0.29) is 4.05 Å². The lowest BCUT2D eigenvalue weighted by Crippen LogP contribution is -2.54. The number of amides is 1. The monoisotopic (exact) mass is 434 g/mol. The Kier molecular flexibility index (Phi) is 6.88. The summed E-state index contributed by atoms with van der Waals surface area (Å²) in [5.41, 5.74) is 6.43. The normalized spacial score (nSPS) is 15.9. The maximum Gasteiger partial charge on any atom is 0.408 e. The number of halogens is 1. The van der Waals surface area contributed by atoms with Crippen LogP contribution in [0.3, 0.4) is 0 Å². The van der Waals surface area contributed by atoms with Crippen molar-refractivity contribution in [3.63, 3.8) is 0 Å². The van der Waals surface area contributed by atoms with E-state index in [1.165, 1.54) is 4.90 Å². The number of hydrogen-bond donors (Lipinski definition) is 2. The number of benzene rings is 1. The van der Waals surface area contributed by atoms with Crippen molar-refractivity contribution in [1.82, 2.24) is 4.90 Å². The maximum absolute atomic E-state index is 11.9. The van der Waals surface area contributed by atoms with Gasteiger partial charge in [0.1, 0.15) is 4.05 Å². The summed E-state index contributed by atoms with van der Waals surface area (Å²) in [6.45, 7) is 9.20. The van der Waals surface area contributed by atoms with Crippen molar-refractivity contribution in [2.24, 2.45) is 5.73 Å². The molecule has 0 aliphatic heterocycles. The van der Waals surface area contributed by atoms with Crippen molar-refractivity contribution in [2.45, 2.75) is 48.6 Å². The Morgan fingerprint density at radius 2 is 1.91 bits per heavy atom. The molecule has 0 bridgehead atoms. The standard InChI is InChI=1S/C16H27IN2O2Si/c1-16(12-18,10-11-22(2,3)4)19(15(20)21)14(17)13-8-6-5-7-9-13/h5-9,14H,10-12,18H2,1-4H3,(H,20,21). The van der Waals surface area contributed by atoms with E-state index in [0.29, 0.717) is 6.54 Å². The SMILES string of the molecule is CC(CN)(CC[Si](C)(C)C)N(C(=O)O)C(I)c1ccccc1. The molecule has 3 N–H and O–H groups in total. The molecule has 0 saturated carbocycles. The molecular weight excluding hydrogens is 407 g/mol. The summed E-state index contributed by atoms with van der Waals surface area (Å²) >= 11 is 2.19. The van der Waals surface area contributed by atoms with Crippen LogP contribution in [0.4, 0.5) is 4.79 Å². The lowest BCUT2D eigenvalue weighted by Gasteiger charge is -2.43. The zero-order valence-corrected chi connectivity index (χ0v) is 17.0. The van der Waals surface area contributed by atoms with E-state index < -0.39 is 19.7 Å². The Balaban J connectivity index is 3.07. The smallest absolute Gasteiger partial charge is 0.408 e. The summed E-state index contributed by atoms with van der Waals surface area (Å²) < 4.78 is -0.244. The molecule has 1 amide bonds. The molecule has 0 radical (unpaired) electrons. The summed E-state index contributed by atoms with van der Waals surface area (Å²) in [6, 6.07) is 10.8. The molecule has 0 aromatic heterocycles. The van der Waals surface area contributed by atoms with E-state index in [2.05, 4.69) is 42.2 Å². The van der Waals surface area contributed by atoms with Crippen LogP contribution in [0, 0.1) is 0 Å². The average molecular weight is 434 g/mol. The molecule has 0 fully saturated rings. The summed E-state index contributed by atoms with van der Waals surface area (Å²) in [6.07, 6.45) is -0.107. The highest BCUT2D eigenvalue weighted by atomic mass is 127. The third-order valence-electron chi connectivity index (χ3n) is 3.94. The Morgan fingerprint density at radius 3 is 2.32 bits per heavy atom. The van der Waals surface area contributed by atoms with E-state index >= 15 is 0 Å². The van der Waals surface area contributed by atoms with Crippen molar-refractivity contribution in [3.05, 3.63) is 35.9 Å². The molecule has 0 aliphatic rings.